The first-order valence-corrected chi connectivity index (χ1v) is 9.33. The van der Waals surface area contributed by atoms with Gasteiger partial charge in [0.05, 0.1) is 29.1 Å². The van der Waals surface area contributed by atoms with Crippen LogP contribution in [0, 0.1) is 5.92 Å². The van der Waals surface area contributed by atoms with Gasteiger partial charge in [0.15, 0.2) is 5.78 Å². The first kappa shape index (κ1) is 18.9. The Hall–Kier alpha value is -2.48. The summed E-state index contributed by atoms with van der Waals surface area (Å²) in [6.07, 6.45) is 2.59. The van der Waals surface area contributed by atoms with Gasteiger partial charge in [0.2, 0.25) is 0 Å². The van der Waals surface area contributed by atoms with Gasteiger partial charge < -0.3 is 4.74 Å². The van der Waals surface area contributed by atoms with Crippen LogP contribution in [-0.2, 0) is 10.0 Å². The van der Waals surface area contributed by atoms with Crippen molar-refractivity contribution >= 4 is 21.5 Å². The quantitative estimate of drug-likeness (QED) is 0.760. The highest BCUT2D eigenvalue weighted by Gasteiger charge is 2.17. The van der Waals surface area contributed by atoms with Crippen LogP contribution in [0.25, 0.3) is 0 Å². The average molecular weight is 363 g/mol. The molecule has 2 rings (SSSR count). The van der Waals surface area contributed by atoms with Crippen molar-refractivity contribution in [2.24, 2.45) is 5.92 Å². The number of hydrogen-bond acceptors (Lipinski definition) is 6. The topological polar surface area (TPSA) is 98.2 Å². The third kappa shape index (κ3) is 4.99. The van der Waals surface area contributed by atoms with Crippen molar-refractivity contribution in [1.82, 2.24) is 9.97 Å². The number of nitrogens with zero attached hydrogens (tertiary/aromatic N) is 2. The summed E-state index contributed by atoms with van der Waals surface area (Å²) < 4.78 is 32.5. The zero-order valence-electron chi connectivity index (χ0n) is 14.6. The minimum absolute atomic E-state index is 0.0361. The number of aromatic nitrogens is 2. The molecule has 0 aliphatic carbocycles. The molecule has 7 nitrogen and oxygen atoms in total. The maximum absolute atomic E-state index is 12.4. The van der Waals surface area contributed by atoms with Gasteiger partial charge in [-0.15, -0.1) is 0 Å². The van der Waals surface area contributed by atoms with Crippen LogP contribution < -0.4 is 9.46 Å². The first-order chi connectivity index (χ1) is 11.7. The fourth-order valence-corrected chi connectivity index (χ4v) is 3.01. The zero-order valence-corrected chi connectivity index (χ0v) is 15.4. The van der Waals surface area contributed by atoms with E-state index in [-0.39, 0.29) is 34.4 Å². The molecule has 0 spiro atoms. The molecule has 2 aromatic rings. The summed E-state index contributed by atoms with van der Waals surface area (Å²) in [5.74, 6) is -0.185. The van der Waals surface area contributed by atoms with Crippen molar-refractivity contribution in [3.05, 3.63) is 42.2 Å². The van der Waals surface area contributed by atoms with Crippen molar-refractivity contribution in [1.29, 1.82) is 0 Å². The predicted molar refractivity (Wildman–Crippen MR) is 94.2 cm³/mol. The van der Waals surface area contributed by atoms with Crippen molar-refractivity contribution in [3.63, 3.8) is 0 Å². The van der Waals surface area contributed by atoms with Crippen molar-refractivity contribution in [2.75, 3.05) is 4.72 Å². The number of hydrogen-bond donors (Lipinski definition) is 1. The number of benzene rings is 1. The van der Waals surface area contributed by atoms with Crippen LogP contribution in [-0.4, -0.2) is 30.3 Å². The molecule has 1 N–H and O–H groups in total. The van der Waals surface area contributed by atoms with E-state index in [1.807, 2.05) is 13.8 Å². The Bertz CT molecular complexity index is 829. The van der Waals surface area contributed by atoms with E-state index in [0.717, 1.165) is 0 Å². The van der Waals surface area contributed by atoms with Crippen LogP contribution in [0.2, 0.25) is 0 Å². The Labute approximate surface area is 147 Å². The summed E-state index contributed by atoms with van der Waals surface area (Å²) in [4.78, 5) is 19.9. The van der Waals surface area contributed by atoms with E-state index in [1.54, 1.807) is 13.8 Å². The van der Waals surface area contributed by atoms with E-state index in [2.05, 4.69) is 14.7 Å². The van der Waals surface area contributed by atoms with E-state index < -0.39 is 10.0 Å². The van der Waals surface area contributed by atoms with Gasteiger partial charge in [-0.1, -0.05) is 26.0 Å². The highest BCUT2D eigenvalue weighted by molar-refractivity contribution is 7.92. The molecular formula is C17H21N3O4S. The normalized spacial score (nSPS) is 11.6. The first-order valence-electron chi connectivity index (χ1n) is 7.85. The number of ketones is 1. The molecule has 0 aliphatic heterocycles. The lowest BCUT2D eigenvalue weighted by molar-refractivity contribution is 0.0939. The molecule has 0 fully saturated rings. The maximum Gasteiger partial charge on any atom is 0.316 e. The standard InChI is InChI=1S/C17H21N3O4S/c1-11(2)16(21)13-5-7-15(8-6-13)25(22,23)20-14-9-18-17(19-10-14)24-12(3)4/h5-12,20H,1-4H3. The number of carbonyl (C=O) groups excluding carboxylic acids is 1. The molecule has 0 saturated carbocycles. The summed E-state index contributed by atoms with van der Waals surface area (Å²) in [5.41, 5.74) is 0.700. The Balaban J connectivity index is 2.14. The van der Waals surface area contributed by atoms with Crippen LogP contribution in [0.5, 0.6) is 6.01 Å². The number of rotatable bonds is 7. The molecule has 0 radical (unpaired) electrons. The lowest BCUT2D eigenvalue weighted by Crippen LogP contribution is -2.14. The van der Waals surface area contributed by atoms with Gasteiger partial charge in [0.25, 0.3) is 10.0 Å². The summed E-state index contributed by atoms with van der Waals surface area (Å²) in [7, 11) is -3.79. The highest BCUT2D eigenvalue weighted by Crippen LogP contribution is 2.18. The summed E-state index contributed by atoms with van der Waals surface area (Å²) in [6.45, 7) is 7.27. The van der Waals surface area contributed by atoms with Gasteiger partial charge in [0, 0.05) is 11.5 Å². The number of anilines is 1. The molecule has 0 atom stereocenters. The third-order valence-corrected chi connectivity index (χ3v) is 4.59. The summed E-state index contributed by atoms with van der Waals surface area (Å²) in [6, 6.07) is 5.99. The second kappa shape index (κ2) is 7.60. The van der Waals surface area contributed by atoms with Gasteiger partial charge in [-0.05, 0) is 26.0 Å². The number of nitrogens with one attached hydrogen (secondary N) is 1. The van der Waals surface area contributed by atoms with E-state index in [0.29, 0.717) is 5.56 Å². The van der Waals surface area contributed by atoms with Gasteiger partial charge in [-0.2, -0.15) is 0 Å². The van der Waals surface area contributed by atoms with Gasteiger partial charge in [0.1, 0.15) is 0 Å². The Morgan fingerprint density at radius 3 is 2.08 bits per heavy atom. The van der Waals surface area contributed by atoms with Crippen molar-refractivity contribution < 1.29 is 17.9 Å². The second-order valence-electron chi connectivity index (χ2n) is 6.07. The zero-order chi connectivity index (χ0) is 18.6. The molecule has 0 saturated heterocycles. The summed E-state index contributed by atoms with van der Waals surface area (Å²) >= 11 is 0. The predicted octanol–water partition coefficient (Wildman–Crippen LogP) is 2.90. The molecule has 0 bridgehead atoms. The number of sulfonamides is 1. The molecule has 0 aliphatic rings. The van der Waals surface area contributed by atoms with Crippen LogP contribution in [0.4, 0.5) is 5.69 Å². The molecule has 1 aromatic carbocycles. The molecule has 8 heteroatoms. The molecule has 0 amide bonds. The van der Waals surface area contributed by atoms with E-state index in [4.69, 9.17) is 4.74 Å². The fourth-order valence-electron chi connectivity index (χ4n) is 1.99. The summed E-state index contributed by atoms with van der Waals surface area (Å²) in [5, 5.41) is 0. The van der Waals surface area contributed by atoms with Crippen molar-refractivity contribution in [2.45, 2.75) is 38.7 Å². The van der Waals surface area contributed by atoms with Crippen molar-refractivity contribution in [3.8, 4) is 6.01 Å². The second-order valence-corrected chi connectivity index (χ2v) is 7.75. The van der Waals surface area contributed by atoms with E-state index >= 15 is 0 Å². The molecule has 25 heavy (non-hydrogen) atoms. The number of carbonyl (C=O) groups is 1. The SMILES string of the molecule is CC(C)Oc1ncc(NS(=O)(=O)c2ccc(C(=O)C(C)C)cc2)cn1. The van der Waals surface area contributed by atoms with Crippen LogP contribution in [0.3, 0.4) is 0 Å². The monoisotopic (exact) mass is 363 g/mol. The lowest BCUT2D eigenvalue weighted by atomic mass is 10.0. The minimum Gasteiger partial charge on any atom is -0.461 e. The Morgan fingerprint density at radius 1 is 1.04 bits per heavy atom. The molecular weight excluding hydrogens is 342 g/mol. The van der Waals surface area contributed by atoms with Gasteiger partial charge in [-0.25, -0.2) is 18.4 Å². The van der Waals surface area contributed by atoms with Crippen LogP contribution >= 0.6 is 0 Å². The van der Waals surface area contributed by atoms with Gasteiger partial charge >= 0.3 is 6.01 Å². The van der Waals surface area contributed by atoms with Crippen LogP contribution in [0.1, 0.15) is 38.1 Å². The minimum atomic E-state index is -3.79. The Morgan fingerprint density at radius 2 is 1.60 bits per heavy atom. The van der Waals surface area contributed by atoms with Gasteiger partial charge in [-0.3, -0.25) is 9.52 Å². The van der Waals surface area contributed by atoms with E-state index in [1.165, 1.54) is 36.7 Å². The number of Topliss-reactive ketones (excluding diaryl/α,β-unsaturated/α-hetero) is 1. The van der Waals surface area contributed by atoms with Crippen LogP contribution in [0.15, 0.2) is 41.6 Å². The molecule has 0 unspecified atom stereocenters. The van der Waals surface area contributed by atoms with E-state index in [9.17, 15) is 13.2 Å². The molecule has 1 heterocycles. The Kier molecular flexibility index (Phi) is 5.73. The fraction of sp³-hybridized carbons (Fsp3) is 0.353. The third-order valence-electron chi connectivity index (χ3n) is 3.19. The molecule has 1 aromatic heterocycles. The molecule has 134 valence electrons. The smallest absolute Gasteiger partial charge is 0.316 e. The number of ether oxygens (including phenoxy) is 1. The highest BCUT2D eigenvalue weighted by atomic mass is 32.2. The largest absolute Gasteiger partial charge is 0.461 e. The lowest BCUT2D eigenvalue weighted by Gasteiger charge is -2.10. The average Bonchev–Trinajstić information content (AvgIpc) is 2.55. The maximum atomic E-state index is 12.4.